The van der Waals surface area contributed by atoms with Gasteiger partial charge in [0.15, 0.2) is 0 Å². The Kier molecular flexibility index (Phi) is 5.06. The minimum atomic E-state index is -0.384. The molecule has 0 bridgehead atoms. The molecule has 0 saturated carbocycles. The van der Waals surface area contributed by atoms with E-state index >= 15 is 0 Å². The van der Waals surface area contributed by atoms with E-state index in [1.54, 1.807) is 18.0 Å². The third-order valence-corrected chi connectivity index (χ3v) is 3.66. The Morgan fingerprint density at radius 3 is 2.68 bits per heavy atom. The minimum Gasteiger partial charge on any atom is -0.321 e. The lowest BCUT2D eigenvalue weighted by atomic mass is 10.2. The first kappa shape index (κ1) is 13.7. The van der Waals surface area contributed by atoms with E-state index in [1.165, 1.54) is 0 Å². The Hall–Kier alpha value is -1.72. The van der Waals surface area contributed by atoms with Crippen LogP contribution in [0.3, 0.4) is 0 Å². The molecule has 19 heavy (non-hydrogen) atoms. The molecular weight excluding hydrogens is 258 g/mol. The first-order chi connectivity index (χ1) is 9.29. The van der Waals surface area contributed by atoms with E-state index in [0.717, 1.165) is 29.0 Å². The number of hydrogen-bond donors (Lipinski definition) is 1. The van der Waals surface area contributed by atoms with E-state index in [2.05, 4.69) is 9.97 Å². The predicted octanol–water partition coefficient (Wildman–Crippen LogP) is 1.90. The fraction of sp³-hybridized carbons (Fsp3) is 0.214. The first-order valence-electron chi connectivity index (χ1n) is 5.94. The zero-order valence-electron chi connectivity index (χ0n) is 10.4. The molecule has 2 N–H and O–H groups in total. The van der Waals surface area contributed by atoms with Crippen LogP contribution in [0.2, 0.25) is 0 Å². The second kappa shape index (κ2) is 7.01. The number of thioether (sulfide) groups is 1. The lowest BCUT2D eigenvalue weighted by Gasteiger charge is -2.05. The van der Waals surface area contributed by atoms with E-state index in [-0.39, 0.29) is 6.04 Å². The monoisotopic (exact) mass is 273 g/mol. The van der Waals surface area contributed by atoms with E-state index < -0.39 is 0 Å². The van der Waals surface area contributed by atoms with Gasteiger partial charge in [-0.1, -0.05) is 12.1 Å². The molecule has 2 aromatic rings. The molecule has 2 heterocycles. The van der Waals surface area contributed by atoms with Crippen LogP contribution in [0.25, 0.3) is 11.4 Å². The summed E-state index contributed by atoms with van der Waals surface area (Å²) >= 11 is 1.63. The highest BCUT2D eigenvalue weighted by atomic mass is 32.2. The number of carbonyl (C=O) groups is 1. The lowest BCUT2D eigenvalue weighted by Crippen LogP contribution is -2.24. The summed E-state index contributed by atoms with van der Waals surface area (Å²) < 4.78 is 0. The molecule has 0 radical (unpaired) electrons. The van der Waals surface area contributed by atoms with Crippen LogP contribution in [0.4, 0.5) is 0 Å². The summed E-state index contributed by atoms with van der Waals surface area (Å²) in [6, 6.07) is 9.35. The van der Waals surface area contributed by atoms with Crippen LogP contribution in [0.1, 0.15) is 5.56 Å². The molecular formula is C14H15N3OS. The maximum Gasteiger partial charge on any atom is 0.137 e. The fourth-order valence-electron chi connectivity index (χ4n) is 1.53. The number of carbonyl (C=O) groups excluding carboxylic acids is 1. The number of aromatic nitrogens is 2. The average molecular weight is 273 g/mol. The van der Waals surface area contributed by atoms with Crippen molar-refractivity contribution >= 4 is 18.0 Å². The highest BCUT2D eigenvalue weighted by Crippen LogP contribution is 2.16. The molecule has 0 fully saturated rings. The topological polar surface area (TPSA) is 68.9 Å². The molecule has 0 aliphatic rings. The Bertz CT molecular complexity index is 516. The van der Waals surface area contributed by atoms with Gasteiger partial charge in [0.1, 0.15) is 6.29 Å². The van der Waals surface area contributed by atoms with Crippen molar-refractivity contribution < 1.29 is 4.79 Å². The maximum atomic E-state index is 10.4. The van der Waals surface area contributed by atoms with Crippen LogP contribution in [-0.4, -0.2) is 28.0 Å². The van der Waals surface area contributed by atoms with Crippen LogP contribution in [0, 0.1) is 0 Å². The highest BCUT2D eigenvalue weighted by molar-refractivity contribution is 7.98. The number of aldehydes is 1. The molecule has 2 aromatic heterocycles. The van der Waals surface area contributed by atoms with Crippen LogP contribution in [0.5, 0.6) is 0 Å². The van der Waals surface area contributed by atoms with E-state index in [1.807, 2.05) is 36.5 Å². The molecule has 0 unspecified atom stereocenters. The quantitative estimate of drug-likeness (QED) is 0.814. The maximum absolute atomic E-state index is 10.4. The molecule has 5 heteroatoms. The van der Waals surface area contributed by atoms with Gasteiger partial charge in [-0.2, -0.15) is 11.8 Å². The van der Waals surface area contributed by atoms with Crippen LogP contribution in [0.15, 0.2) is 42.7 Å². The summed E-state index contributed by atoms with van der Waals surface area (Å²) in [7, 11) is 0. The summed E-state index contributed by atoms with van der Waals surface area (Å²) in [5.74, 6) is 1.43. The van der Waals surface area contributed by atoms with Crippen molar-refractivity contribution in [2.45, 2.75) is 11.8 Å². The SMILES string of the molecule is N[C@H](C=O)CSCc1ccc(-c2ccccn2)nc1. The molecule has 98 valence electrons. The Morgan fingerprint density at radius 2 is 2.05 bits per heavy atom. The van der Waals surface area contributed by atoms with Gasteiger partial charge in [0.05, 0.1) is 17.4 Å². The van der Waals surface area contributed by atoms with Gasteiger partial charge in [-0.3, -0.25) is 9.97 Å². The van der Waals surface area contributed by atoms with Crippen molar-refractivity contribution in [1.29, 1.82) is 0 Å². The average Bonchev–Trinajstić information content (AvgIpc) is 2.48. The predicted molar refractivity (Wildman–Crippen MR) is 77.7 cm³/mol. The Balaban J connectivity index is 1.94. The van der Waals surface area contributed by atoms with Crippen molar-refractivity contribution in [1.82, 2.24) is 9.97 Å². The van der Waals surface area contributed by atoms with Gasteiger partial charge >= 0.3 is 0 Å². The van der Waals surface area contributed by atoms with E-state index in [9.17, 15) is 4.79 Å². The molecule has 0 aliphatic heterocycles. The zero-order valence-corrected chi connectivity index (χ0v) is 11.2. The summed E-state index contributed by atoms with van der Waals surface area (Å²) in [6.07, 6.45) is 4.36. The minimum absolute atomic E-state index is 0.384. The Labute approximate surface area is 116 Å². The molecule has 1 atom stereocenters. The zero-order chi connectivity index (χ0) is 13.5. The van der Waals surface area contributed by atoms with E-state index in [4.69, 9.17) is 5.73 Å². The van der Waals surface area contributed by atoms with Crippen LogP contribution >= 0.6 is 11.8 Å². The van der Waals surface area contributed by atoms with E-state index in [0.29, 0.717) is 5.75 Å². The number of nitrogens with zero attached hydrogens (tertiary/aromatic N) is 2. The summed E-state index contributed by atoms with van der Waals surface area (Å²) in [6.45, 7) is 0. The highest BCUT2D eigenvalue weighted by Gasteiger charge is 2.02. The number of pyridine rings is 2. The summed E-state index contributed by atoms with van der Waals surface area (Å²) in [5, 5.41) is 0. The van der Waals surface area contributed by atoms with Gasteiger partial charge in [-0.15, -0.1) is 0 Å². The van der Waals surface area contributed by atoms with Gasteiger partial charge in [-0.05, 0) is 23.8 Å². The molecule has 2 rings (SSSR count). The number of hydrogen-bond acceptors (Lipinski definition) is 5. The third kappa shape index (κ3) is 4.15. The molecule has 4 nitrogen and oxygen atoms in total. The fourth-order valence-corrected chi connectivity index (χ4v) is 2.40. The Morgan fingerprint density at radius 1 is 1.21 bits per heavy atom. The van der Waals surface area contributed by atoms with Crippen molar-refractivity contribution in [3.8, 4) is 11.4 Å². The van der Waals surface area contributed by atoms with Crippen LogP contribution in [-0.2, 0) is 10.5 Å². The third-order valence-electron chi connectivity index (χ3n) is 2.51. The smallest absolute Gasteiger partial charge is 0.137 e. The van der Waals surface area contributed by atoms with Crippen molar-refractivity contribution in [2.24, 2.45) is 5.73 Å². The second-order valence-electron chi connectivity index (χ2n) is 4.08. The summed E-state index contributed by atoms with van der Waals surface area (Å²) in [4.78, 5) is 19.0. The van der Waals surface area contributed by atoms with Crippen molar-refractivity contribution in [3.05, 3.63) is 48.3 Å². The normalized spacial score (nSPS) is 12.1. The molecule has 0 amide bonds. The molecule has 0 saturated heterocycles. The standard InChI is InChI=1S/C14H15N3OS/c15-12(8-18)10-19-9-11-4-5-14(17-7-11)13-3-1-2-6-16-13/h1-8,12H,9-10,15H2/t12-/m1/s1. The second-order valence-corrected chi connectivity index (χ2v) is 5.11. The number of nitrogens with two attached hydrogens (primary N) is 1. The van der Waals surface area contributed by atoms with Crippen LogP contribution < -0.4 is 5.73 Å². The molecule has 0 aliphatic carbocycles. The van der Waals surface area contributed by atoms with Gasteiger partial charge in [0.2, 0.25) is 0 Å². The molecule has 0 aromatic carbocycles. The van der Waals surface area contributed by atoms with Gasteiger partial charge in [-0.25, -0.2) is 0 Å². The van der Waals surface area contributed by atoms with Crippen molar-refractivity contribution in [2.75, 3.05) is 5.75 Å². The largest absolute Gasteiger partial charge is 0.321 e. The molecule has 0 spiro atoms. The first-order valence-corrected chi connectivity index (χ1v) is 7.10. The van der Waals surface area contributed by atoms with Gasteiger partial charge < -0.3 is 10.5 Å². The number of rotatable bonds is 6. The lowest BCUT2D eigenvalue weighted by molar-refractivity contribution is -0.108. The van der Waals surface area contributed by atoms with Gasteiger partial charge in [0, 0.05) is 23.9 Å². The summed E-state index contributed by atoms with van der Waals surface area (Å²) in [5.41, 5.74) is 8.36. The van der Waals surface area contributed by atoms with Gasteiger partial charge in [0.25, 0.3) is 0 Å². The van der Waals surface area contributed by atoms with Crippen molar-refractivity contribution in [3.63, 3.8) is 0 Å².